The van der Waals surface area contributed by atoms with Crippen LogP contribution in [0.1, 0.15) is 48.4 Å². The summed E-state index contributed by atoms with van der Waals surface area (Å²) in [6.07, 6.45) is 5.19. The molecular weight excluding hydrogens is 494 g/mol. The lowest BCUT2D eigenvalue weighted by molar-refractivity contribution is -0.143. The standard InChI is InChI=1S/C30H41N5O4/c1-33-15-17-35(18-16-33)31-21-24-7-9-26(10-8-24)28-19-27(39-32-28)20-30(38-23-25-5-3-2-4-6-25)11-13-34(14-12-30)22-29(36)37/h2-10,21,27-28,32H,11-20,22-23H2,1H3,(H,36,37). The molecule has 0 radical (unpaired) electrons. The van der Waals surface area contributed by atoms with Crippen molar-refractivity contribution in [3.63, 3.8) is 0 Å². The van der Waals surface area contributed by atoms with E-state index in [4.69, 9.17) is 9.57 Å². The van der Waals surface area contributed by atoms with E-state index in [9.17, 15) is 9.90 Å². The molecule has 0 amide bonds. The molecular formula is C30H41N5O4. The molecule has 0 saturated carbocycles. The van der Waals surface area contributed by atoms with Crippen LogP contribution in [0.3, 0.4) is 0 Å². The number of carbonyl (C=O) groups is 1. The molecule has 210 valence electrons. The molecule has 3 aliphatic heterocycles. The van der Waals surface area contributed by atoms with Crippen molar-refractivity contribution in [3.8, 4) is 0 Å². The largest absolute Gasteiger partial charge is 0.480 e. The number of nitrogens with zero attached hydrogens (tertiary/aromatic N) is 4. The Bertz CT molecular complexity index is 1080. The van der Waals surface area contributed by atoms with Gasteiger partial charge in [-0.25, -0.2) is 0 Å². The molecule has 2 N–H and O–H groups in total. The Hall–Kier alpha value is -2.82. The Kier molecular flexibility index (Phi) is 9.26. The summed E-state index contributed by atoms with van der Waals surface area (Å²) in [5.41, 5.74) is 6.35. The van der Waals surface area contributed by atoms with Gasteiger partial charge in [-0.05, 0) is 43.0 Å². The minimum atomic E-state index is -0.782. The number of ether oxygens (including phenoxy) is 1. The van der Waals surface area contributed by atoms with Gasteiger partial charge in [-0.2, -0.15) is 10.6 Å². The van der Waals surface area contributed by atoms with Crippen molar-refractivity contribution in [2.75, 3.05) is 52.9 Å². The highest BCUT2D eigenvalue weighted by atomic mass is 16.7. The highest BCUT2D eigenvalue weighted by Gasteiger charge is 2.41. The van der Waals surface area contributed by atoms with Crippen molar-refractivity contribution in [2.24, 2.45) is 5.10 Å². The smallest absolute Gasteiger partial charge is 0.317 e. The van der Waals surface area contributed by atoms with Crippen molar-refractivity contribution < 1.29 is 19.5 Å². The molecule has 9 nitrogen and oxygen atoms in total. The summed E-state index contributed by atoms with van der Waals surface area (Å²) in [7, 11) is 2.15. The van der Waals surface area contributed by atoms with Gasteiger partial charge in [0.2, 0.25) is 0 Å². The van der Waals surface area contributed by atoms with Gasteiger partial charge in [0.05, 0.1) is 37.1 Å². The zero-order valence-corrected chi connectivity index (χ0v) is 22.9. The van der Waals surface area contributed by atoms with Crippen LogP contribution in [0.25, 0.3) is 0 Å². The number of likely N-dealkylation sites (tertiary alicyclic amines) is 1. The minimum absolute atomic E-state index is 0.0234. The van der Waals surface area contributed by atoms with Crippen molar-refractivity contribution in [2.45, 2.75) is 50.0 Å². The summed E-state index contributed by atoms with van der Waals surface area (Å²) >= 11 is 0. The second-order valence-electron chi connectivity index (χ2n) is 11.1. The molecule has 3 fully saturated rings. The SMILES string of the molecule is CN1CCN(N=Cc2ccc(C3CC(CC4(OCc5ccccc5)CCN(CC(=O)O)CC4)ON3)cc2)CC1. The predicted octanol–water partition coefficient (Wildman–Crippen LogP) is 3.13. The fourth-order valence-corrected chi connectivity index (χ4v) is 5.68. The van der Waals surface area contributed by atoms with Crippen LogP contribution < -0.4 is 5.48 Å². The molecule has 2 atom stereocenters. The fraction of sp³-hybridized carbons (Fsp3) is 0.533. The summed E-state index contributed by atoms with van der Waals surface area (Å²) in [5.74, 6) is -0.782. The lowest BCUT2D eigenvalue weighted by Crippen LogP contribution is -2.49. The third kappa shape index (κ3) is 7.86. The van der Waals surface area contributed by atoms with Gasteiger partial charge in [0.15, 0.2) is 0 Å². The third-order valence-electron chi connectivity index (χ3n) is 8.18. The van der Waals surface area contributed by atoms with Gasteiger partial charge in [0, 0.05) is 45.7 Å². The molecule has 5 rings (SSSR count). The van der Waals surface area contributed by atoms with Crippen LogP contribution >= 0.6 is 0 Å². The van der Waals surface area contributed by atoms with Crippen molar-refractivity contribution in [1.82, 2.24) is 20.3 Å². The van der Waals surface area contributed by atoms with Gasteiger partial charge in [-0.15, -0.1) is 0 Å². The number of hydrogen-bond donors (Lipinski definition) is 2. The number of piperazine rings is 1. The predicted molar refractivity (Wildman–Crippen MR) is 150 cm³/mol. The monoisotopic (exact) mass is 535 g/mol. The molecule has 2 aromatic rings. The van der Waals surface area contributed by atoms with Crippen LogP contribution in [-0.2, 0) is 21.0 Å². The number of piperidine rings is 1. The third-order valence-corrected chi connectivity index (χ3v) is 8.18. The van der Waals surface area contributed by atoms with E-state index in [2.05, 4.69) is 63.9 Å². The molecule has 2 aromatic carbocycles. The van der Waals surface area contributed by atoms with Crippen LogP contribution in [0.4, 0.5) is 0 Å². The number of carboxylic acid groups (broad SMARTS) is 1. The first kappa shape index (κ1) is 27.7. The second-order valence-corrected chi connectivity index (χ2v) is 11.1. The first-order valence-electron chi connectivity index (χ1n) is 14.1. The molecule has 3 heterocycles. The number of hydrazone groups is 1. The van der Waals surface area contributed by atoms with Gasteiger partial charge in [-0.1, -0.05) is 54.6 Å². The number of benzene rings is 2. The number of aliphatic carboxylic acids is 1. The zero-order chi connectivity index (χ0) is 27.1. The van der Waals surface area contributed by atoms with E-state index >= 15 is 0 Å². The van der Waals surface area contributed by atoms with E-state index in [-0.39, 0.29) is 24.3 Å². The lowest BCUT2D eigenvalue weighted by atomic mass is 9.84. The first-order valence-corrected chi connectivity index (χ1v) is 14.1. The average Bonchev–Trinajstić information content (AvgIpc) is 3.42. The van der Waals surface area contributed by atoms with Crippen molar-refractivity contribution in [3.05, 3.63) is 71.3 Å². The molecule has 39 heavy (non-hydrogen) atoms. The Balaban J connectivity index is 1.17. The Morgan fingerprint density at radius 3 is 2.49 bits per heavy atom. The molecule has 0 bridgehead atoms. The summed E-state index contributed by atoms with van der Waals surface area (Å²) in [5, 5.41) is 16.0. The van der Waals surface area contributed by atoms with E-state index in [1.807, 2.05) is 29.3 Å². The van der Waals surface area contributed by atoms with Gasteiger partial charge in [-0.3, -0.25) is 19.5 Å². The number of likely N-dealkylation sites (N-methyl/N-ethyl adjacent to an activating group) is 1. The van der Waals surface area contributed by atoms with Crippen LogP contribution in [0, 0.1) is 0 Å². The van der Waals surface area contributed by atoms with Crippen LogP contribution in [0.5, 0.6) is 0 Å². The second kappa shape index (κ2) is 13.0. The van der Waals surface area contributed by atoms with Gasteiger partial charge in [0.25, 0.3) is 0 Å². The van der Waals surface area contributed by atoms with Gasteiger partial charge >= 0.3 is 5.97 Å². The highest BCUT2D eigenvalue weighted by molar-refractivity contribution is 5.79. The molecule has 2 unspecified atom stereocenters. The summed E-state index contributed by atoms with van der Waals surface area (Å²) in [6, 6.07) is 18.9. The lowest BCUT2D eigenvalue weighted by Gasteiger charge is -2.42. The zero-order valence-electron chi connectivity index (χ0n) is 22.9. The van der Waals surface area contributed by atoms with Crippen LogP contribution in [0.2, 0.25) is 0 Å². The van der Waals surface area contributed by atoms with E-state index in [0.29, 0.717) is 19.7 Å². The Labute approximate surface area is 231 Å². The van der Waals surface area contributed by atoms with Gasteiger partial charge < -0.3 is 14.7 Å². The van der Waals surface area contributed by atoms with E-state index in [1.165, 1.54) is 5.56 Å². The molecule has 3 saturated heterocycles. The molecule has 0 aromatic heterocycles. The minimum Gasteiger partial charge on any atom is -0.480 e. The molecule has 0 spiro atoms. The van der Waals surface area contributed by atoms with E-state index in [1.54, 1.807) is 0 Å². The van der Waals surface area contributed by atoms with Crippen LogP contribution in [-0.4, -0.2) is 96.7 Å². The Morgan fingerprint density at radius 2 is 1.79 bits per heavy atom. The van der Waals surface area contributed by atoms with Crippen molar-refractivity contribution in [1.29, 1.82) is 0 Å². The number of rotatable bonds is 10. The highest BCUT2D eigenvalue weighted by Crippen LogP contribution is 2.37. The average molecular weight is 536 g/mol. The molecule has 0 aliphatic carbocycles. The fourth-order valence-electron chi connectivity index (χ4n) is 5.68. The van der Waals surface area contributed by atoms with E-state index < -0.39 is 5.97 Å². The maximum absolute atomic E-state index is 11.2. The summed E-state index contributed by atoms with van der Waals surface area (Å²) in [6.45, 7) is 6.06. The number of carboxylic acids is 1. The van der Waals surface area contributed by atoms with Gasteiger partial charge in [0.1, 0.15) is 0 Å². The topological polar surface area (TPSA) is 89.9 Å². The van der Waals surface area contributed by atoms with Crippen LogP contribution in [0.15, 0.2) is 59.7 Å². The Morgan fingerprint density at radius 1 is 1.08 bits per heavy atom. The number of hydrogen-bond acceptors (Lipinski definition) is 8. The van der Waals surface area contributed by atoms with Crippen molar-refractivity contribution >= 4 is 12.2 Å². The summed E-state index contributed by atoms with van der Waals surface area (Å²) < 4.78 is 6.61. The molecule has 9 heteroatoms. The number of nitrogens with one attached hydrogen (secondary N) is 1. The number of hydroxylamine groups is 1. The maximum Gasteiger partial charge on any atom is 0.317 e. The van der Waals surface area contributed by atoms with E-state index in [0.717, 1.165) is 63.0 Å². The molecule has 3 aliphatic rings. The maximum atomic E-state index is 11.2. The quantitative estimate of drug-likeness (QED) is 0.449. The first-order chi connectivity index (χ1) is 19.0. The summed E-state index contributed by atoms with van der Waals surface area (Å²) in [4.78, 5) is 21.6. The normalized spacial score (nSPS) is 24.4.